The molecular formula is C11H12INOS. The van der Waals surface area contributed by atoms with Gasteiger partial charge in [0, 0.05) is 22.2 Å². The van der Waals surface area contributed by atoms with Gasteiger partial charge in [0.2, 0.25) is 5.91 Å². The Morgan fingerprint density at radius 2 is 2.07 bits per heavy atom. The molecule has 1 aliphatic rings. The second-order valence-corrected chi connectivity index (χ2v) is 5.34. The number of anilines is 1. The van der Waals surface area contributed by atoms with Crippen molar-refractivity contribution in [1.29, 1.82) is 0 Å². The first-order chi connectivity index (χ1) is 7.20. The minimum absolute atomic E-state index is 0.218. The molecule has 1 fully saturated rings. The molecule has 1 aromatic carbocycles. The average Bonchev–Trinajstić information content (AvgIpc) is 2.61. The molecule has 2 nitrogen and oxygen atoms in total. The molecule has 0 aromatic heterocycles. The molecule has 4 heteroatoms. The Morgan fingerprint density at radius 3 is 2.60 bits per heavy atom. The topological polar surface area (TPSA) is 20.3 Å². The van der Waals surface area contributed by atoms with E-state index in [-0.39, 0.29) is 5.91 Å². The fraction of sp³-hybridized carbons (Fsp3) is 0.364. The summed E-state index contributed by atoms with van der Waals surface area (Å²) in [5.74, 6) is 1.41. The van der Waals surface area contributed by atoms with E-state index in [1.807, 2.05) is 29.2 Å². The van der Waals surface area contributed by atoms with E-state index < -0.39 is 0 Å². The van der Waals surface area contributed by atoms with Crippen LogP contribution in [-0.2, 0) is 4.79 Å². The number of hydrogen-bond donors (Lipinski definition) is 1. The fourth-order valence-electron chi connectivity index (χ4n) is 1.77. The van der Waals surface area contributed by atoms with Gasteiger partial charge in [-0.05, 0) is 58.5 Å². The molecule has 1 heterocycles. The number of nitrogens with zero attached hydrogens (tertiary/aromatic N) is 1. The molecule has 1 saturated heterocycles. The minimum atomic E-state index is 0.218. The van der Waals surface area contributed by atoms with Crippen molar-refractivity contribution in [2.45, 2.75) is 6.42 Å². The van der Waals surface area contributed by atoms with Crippen LogP contribution in [0.3, 0.4) is 0 Å². The lowest BCUT2D eigenvalue weighted by atomic mass is 10.1. The van der Waals surface area contributed by atoms with Crippen LogP contribution in [0.5, 0.6) is 0 Å². The SMILES string of the molecule is O=C1CC(CS)CN1c1ccc(I)cc1. The zero-order chi connectivity index (χ0) is 10.8. The summed E-state index contributed by atoms with van der Waals surface area (Å²) in [5.41, 5.74) is 1.00. The van der Waals surface area contributed by atoms with Crippen molar-refractivity contribution in [2.24, 2.45) is 5.92 Å². The zero-order valence-corrected chi connectivity index (χ0v) is 11.2. The number of rotatable bonds is 2. The first-order valence-electron chi connectivity index (χ1n) is 4.87. The molecule has 0 N–H and O–H groups in total. The maximum absolute atomic E-state index is 11.7. The van der Waals surface area contributed by atoms with Crippen LogP contribution < -0.4 is 4.90 Å². The van der Waals surface area contributed by atoms with Crippen molar-refractivity contribution in [3.05, 3.63) is 27.8 Å². The Kier molecular flexibility index (Phi) is 3.56. The lowest BCUT2D eigenvalue weighted by molar-refractivity contribution is -0.117. The predicted octanol–water partition coefficient (Wildman–Crippen LogP) is 2.57. The van der Waals surface area contributed by atoms with Crippen LogP contribution in [0.4, 0.5) is 5.69 Å². The van der Waals surface area contributed by atoms with Gasteiger partial charge in [-0.3, -0.25) is 4.79 Å². The third kappa shape index (κ3) is 2.47. The van der Waals surface area contributed by atoms with Crippen LogP contribution in [0.15, 0.2) is 24.3 Å². The maximum Gasteiger partial charge on any atom is 0.227 e. The smallest absolute Gasteiger partial charge is 0.227 e. The average molecular weight is 333 g/mol. The van der Waals surface area contributed by atoms with Gasteiger partial charge in [-0.1, -0.05) is 0 Å². The summed E-state index contributed by atoms with van der Waals surface area (Å²) >= 11 is 6.51. The van der Waals surface area contributed by atoms with Gasteiger partial charge < -0.3 is 4.90 Å². The Hall–Kier alpha value is -0.230. The first-order valence-corrected chi connectivity index (χ1v) is 6.58. The number of halogens is 1. The summed E-state index contributed by atoms with van der Waals surface area (Å²) in [5, 5.41) is 0. The lowest BCUT2D eigenvalue weighted by Crippen LogP contribution is -2.24. The summed E-state index contributed by atoms with van der Waals surface area (Å²) in [6, 6.07) is 8.05. The van der Waals surface area contributed by atoms with E-state index in [4.69, 9.17) is 0 Å². The minimum Gasteiger partial charge on any atom is -0.312 e. The second kappa shape index (κ2) is 4.74. The molecule has 1 atom stereocenters. The van der Waals surface area contributed by atoms with E-state index >= 15 is 0 Å². The van der Waals surface area contributed by atoms with Gasteiger partial charge in [0.1, 0.15) is 0 Å². The molecule has 80 valence electrons. The molecule has 1 aromatic rings. The standard InChI is InChI=1S/C11H12INOS/c12-9-1-3-10(4-2-9)13-6-8(7-15)5-11(13)14/h1-4,8,15H,5-7H2. The molecule has 2 rings (SSSR count). The monoisotopic (exact) mass is 333 g/mol. The lowest BCUT2D eigenvalue weighted by Gasteiger charge is -2.16. The molecule has 0 saturated carbocycles. The third-order valence-electron chi connectivity index (χ3n) is 2.60. The van der Waals surface area contributed by atoms with E-state index in [2.05, 4.69) is 35.2 Å². The normalized spacial score (nSPS) is 21.1. The summed E-state index contributed by atoms with van der Waals surface area (Å²) in [6.45, 7) is 0.808. The summed E-state index contributed by atoms with van der Waals surface area (Å²) < 4.78 is 1.19. The predicted molar refractivity (Wildman–Crippen MR) is 73.5 cm³/mol. The summed E-state index contributed by atoms with van der Waals surface area (Å²) in [4.78, 5) is 13.6. The Labute approximate surface area is 109 Å². The quantitative estimate of drug-likeness (QED) is 0.652. The third-order valence-corrected chi connectivity index (χ3v) is 3.84. The highest BCUT2D eigenvalue weighted by atomic mass is 127. The van der Waals surface area contributed by atoms with Gasteiger partial charge in [-0.25, -0.2) is 0 Å². The van der Waals surface area contributed by atoms with Gasteiger partial charge in [-0.15, -0.1) is 0 Å². The van der Waals surface area contributed by atoms with Gasteiger partial charge in [0.15, 0.2) is 0 Å². The van der Waals surface area contributed by atoms with Crippen LogP contribution in [0.25, 0.3) is 0 Å². The van der Waals surface area contributed by atoms with E-state index in [9.17, 15) is 4.79 Å². The van der Waals surface area contributed by atoms with Crippen LogP contribution in [0, 0.1) is 9.49 Å². The molecule has 1 unspecified atom stereocenters. The van der Waals surface area contributed by atoms with Crippen molar-refractivity contribution in [1.82, 2.24) is 0 Å². The van der Waals surface area contributed by atoms with Gasteiger partial charge in [0.05, 0.1) is 0 Å². The van der Waals surface area contributed by atoms with Crippen LogP contribution in [-0.4, -0.2) is 18.2 Å². The largest absolute Gasteiger partial charge is 0.312 e. The molecule has 1 aliphatic heterocycles. The van der Waals surface area contributed by atoms with Crippen molar-refractivity contribution in [2.75, 3.05) is 17.2 Å². The Bertz CT molecular complexity index is 365. The van der Waals surface area contributed by atoms with E-state index in [1.165, 1.54) is 3.57 Å². The molecule has 15 heavy (non-hydrogen) atoms. The Morgan fingerprint density at radius 1 is 1.40 bits per heavy atom. The number of carbonyl (C=O) groups is 1. The highest BCUT2D eigenvalue weighted by Gasteiger charge is 2.29. The van der Waals surface area contributed by atoms with Crippen LogP contribution >= 0.6 is 35.2 Å². The fourth-order valence-corrected chi connectivity index (χ4v) is 2.38. The molecule has 0 aliphatic carbocycles. The number of hydrogen-bond acceptors (Lipinski definition) is 2. The highest BCUT2D eigenvalue weighted by Crippen LogP contribution is 2.25. The number of amides is 1. The van der Waals surface area contributed by atoms with E-state index in [1.54, 1.807) is 0 Å². The first kappa shape index (κ1) is 11.3. The Balaban J connectivity index is 2.18. The molecule has 0 radical (unpaired) electrons. The van der Waals surface area contributed by atoms with Crippen LogP contribution in [0.1, 0.15) is 6.42 Å². The zero-order valence-electron chi connectivity index (χ0n) is 8.19. The number of carbonyl (C=O) groups excluding carboxylic acids is 1. The number of thiol groups is 1. The molecular weight excluding hydrogens is 321 g/mol. The van der Waals surface area contributed by atoms with Crippen molar-refractivity contribution in [3.8, 4) is 0 Å². The van der Waals surface area contributed by atoms with Crippen molar-refractivity contribution in [3.63, 3.8) is 0 Å². The number of benzene rings is 1. The van der Waals surface area contributed by atoms with Gasteiger partial charge in [0.25, 0.3) is 0 Å². The van der Waals surface area contributed by atoms with Crippen molar-refractivity contribution < 1.29 is 4.79 Å². The molecule has 0 bridgehead atoms. The van der Waals surface area contributed by atoms with Gasteiger partial charge in [-0.2, -0.15) is 12.6 Å². The molecule has 0 spiro atoms. The highest BCUT2D eigenvalue weighted by molar-refractivity contribution is 14.1. The maximum atomic E-state index is 11.7. The van der Waals surface area contributed by atoms with E-state index in [0.717, 1.165) is 18.0 Å². The van der Waals surface area contributed by atoms with E-state index in [0.29, 0.717) is 12.3 Å². The summed E-state index contributed by atoms with van der Waals surface area (Å²) in [7, 11) is 0. The van der Waals surface area contributed by atoms with Crippen molar-refractivity contribution >= 4 is 46.8 Å². The second-order valence-electron chi connectivity index (χ2n) is 3.73. The molecule has 1 amide bonds. The van der Waals surface area contributed by atoms with Crippen LogP contribution in [0.2, 0.25) is 0 Å². The summed E-state index contributed by atoms with van der Waals surface area (Å²) in [6.07, 6.45) is 0.634. The van der Waals surface area contributed by atoms with Gasteiger partial charge >= 0.3 is 0 Å².